The van der Waals surface area contributed by atoms with Crippen molar-refractivity contribution in [2.24, 2.45) is 17.8 Å². The number of nitrogens with zero attached hydrogens (tertiary/aromatic N) is 2. The first-order chi connectivity index (χ1) is 27.3. The van der Waals surface area contributed by atoms with E-state index in [4.69, 9.17) is 19.2 Å². The molecule has 304 valence electrons. The number of fused-ring (bicyclic) bond motifs is 1. The lowest BCUT2D eigenvalue weighted by atomic mass is 9.83. The van der Waals surface area contributed by atoms with Gasteiger partial charge in [-0.2, -0.15) is 0 Å². The highest BCUT2D eigenvalue weighted by molar-refractivity contribution is 5.98. The van der Waals surface area contributed by atoms with E-state index < -0.39 is 65.3 Å². The molecule has 1 saturated heterocycles. The van der Waals surface area contributed by atoms with E-state index in [9.17, 15) is 29.1 Å². The predicted octanol–water partition coefficient (Wildman–Crippen LogP) is 4.64. The third-order valence-corrected chi connectivity index (χ3v) is 11.5. The molecule has 6 rings (SSSR count). The molecule has 14 heteroatoms. The first kappa shape index (κ1) is 41.0. The lowest BCUT2D eigenvalue weighted by molar-refractivity contribution is -0.146. The van der Waals surface area contributed by atoms with E-state index in [1.807, 2.05) is 30.3 Å². The molecule has 2 saturated carbocycles. The Balaban J connectivity index is 1.35. The number of likely N-dealkylation sites (tertiary alicyclic amines) is 1. The van der Waals surface area contributed by atoms with Gasteiger partial charge in [0.15, 0.2) is 11.5 Å². The van der Waals surface area contributed by atoms with Crippen molar-refractivity contribution in [2.45, 2.75) is 95.5 Å². The summed E-state index contributed by atoms with van der Waals surface area (Å²) in [6.45, 7) is 8.64. The van der Waals surface area contributed by atoms with E-state index in [-0.39, 0.29) is 31.2 Å². The Kier molecular flexibility index (Phi) is 12.4. The molecule has 2 heterocycles. The fourth-order valence-corrected chi connectivity index (χ4v) is 8.32. The maximum atomic E-state index is 14.7. The van der Waals surface area contributed by atoms with Gasteiger partial charge in [0.05, 0.1) is 26.5 Å². The van der Waals surface area contributed by atoms with Gasteiger partial charge >= 0.3 is 5.97 Å². The lowest BCUT2D eigenvalue weighted by Crippen LogP contribution is -2.60. The van der Waals surface area contributed by atoms with E-state index in [1.165, 1.54) is 32.1 Å². The number of carbonyl (C=O) groups is 5. The topological polar surface area (TPSA) is 185 Å². The zero-order chi connectivity index (χ0) is 41.0. The predicted molar refractivity (Wildman–Crippen MR) is 213 cm³/mol. The van der Waals surface area contributed by atoms with Crippen LogP contribution in [0.15, 0.2) is 61.2 Å². The minimum absolute atomic E-state index is 0.0269. The SMILES string of the molecule is C=C[C@@H]1C[C@]1(NC(=O)[C@H]1C[C@@H](Oc2cc(-c3ccccc3)nc3c(OC)c(OC)ccc23)CN1C(=O)[C@@H](NC(=O)[C@@H](NC(C)=O)C1CCCCC1)C(C)C)C(=O)O. The number of methoxy groups -OCH3 is 2. The van der Waals surface area contributed by atoms with E-state index >= 15 is 0 Å². The number of carbonyl (C=O) groups excluding carboxylic acids is 4. The Bertz CT molecular complexity index is 2020. The largest absolute Gasteiger partial charge is 0.493 e. The fourth-order valence-electron chi connectivity index (χ4n) is 8.32. The van der Waals surface area contributed by atoms with E-state index in [1.54, 1.807) is 32.0 Å². The van der Waals surface area contributed by atoms with Gasteiger partial charge in [-0.15, -0.1) is 6.58 Å². The molecule has 0 radical (unpaired) electrons. The van der Waals surface area contributed by atoms with Gasteiger partial charge in [0.2, 0.25) is 23.6 Å². The van der Waals surface area contributed by atoms with Crippen LogP contribution in [0.3, 0.4) is 0 Å². The van der Waals surface area contributed by atoms with Crippen molar-refractivity contribution in [1.82, 2.24) is 25.8 Å². The van der Waals surface area contributed by atoms with Crippen molar-refractivity contribution in [3.8, 4) is 28.5 Å². The number of hydrogen-bond donors (Lipinski definition) is 4. The summed E-state index contributed by atoms with van der Waals surface area (Å²) in [4.78, 5) is 73.8. The third kappa shape index (κ3) is 8.54. The van der Waals surface area contributed by atoms with Gasteiger partial charge in [0.1, 0.15) is 41.0 Å². The van der Waals surface area contributed by atoms with Crippen molar-refractivity contribution >= 4 is 40.5 Å². The number of hydrogen-bond acceptors (Lipinski definition) is 9. The highest BCUT2D eigenvalue weighted by Crippen LogP contribution is 2.45. The molecule has 4 amide bonds. The molecule has 1 aromatic heterocycles. The quantitative estimate of drug-likeness (QED) is 0.158. The van der Waals surface area contributed by atoms with Gasteiger partial charge in [-0.05, 0) is 43.2 Å². The monoisotopic (exact) mass is 783 g/mol. The maximum Gasteiger partial charge on any atom is 0.330 e. The van der Waals surface area contributed by atoms with Crippen LogP contribution in [-0.2, 0) is 24.0 Å². The molecule has 4 N–H and O–H groups in total. The summed E-state index contributed by atoms with van der Waals surface area (Å²) in [7, 11) is 3.06. The number of pyridine rings is 1. The zero-order valence-corrected chi connectivity index (χ0v) is 33.2. The molecule has 3 aliphatic rings. The van der Waals surface area contributed by atoms with Crippen molar-refractivity contribution < 1.29 is 43.3 Å². The number of benzene rings is 2. The highest BCUT2D eigenvalue weighted by Gasteiger charge is 2.61. The van der Waals surface area contributed by atoms with Crippen molar-refractivity contribution in [3.05, 3.63) is 61.2 Å². The number of nitrogens with one attached hydrogen (secondary N) is 3. The molecule has 6 atom stereocenters. The number of amides is 4. The van der Waals surface area contributed by atoms with Crippen LogP contribution in [-0.4, -0.2) is 95.1 Å². The van der Waals surface area contributed by atoms with Gasteiger partial charge in [0, 0.05) is 36.3 Å². The Morgan fingerprint density at radius 1 is 0.982 bits per heavy atom. The normalized spacial score (nSPS) is 22.9. The van der Waals surface area contributed by atoms with Crippen molar-refractivity contribution in [3.63, 3.8) is 0 Å². The number of aromatic nitrogens is 1. The molecule has 3 fully saturated rings. The molecule has 0 spiro atoms. The number of aliphatic carboxylic acids is 1. The van der Waals surface area contributed by atoms with E-state index in [0.717, 1.165) is 37.7 Å². The van der Waals surface area contributed by atoms with Crippen LogP contribution < -0.4 is 30.2 Å². The summed E-state index contributed by atoms with van der Waals surface area (Å²) >= 11 is 0. The minimum atomic E-state index is -1.54. The first-order valence-corrected chi connectivity index (χ1v) is 19.7. The van der Waals surface area contributed by atoms with Crippen LogP contribution in [0.4, 0.5) is 0 Å². The second-order valence-corrected chi connectivity index (χ2v) is 15.7. The van der Waals surface area contributed by atoms with Crippen LogP contribution in [0, 0.1) is 17.8 Å². The summed E-state index contributed by atoms with van der Waals surface area (Å²) in [6.07, 6.45) is 5.45. The fraction of sp³-hybridized carbons (Fsp3) is 0.488. The summed E-state index contributed by atoms with van der Waals surface area (Å²) in [6, 6.07) is 11.8. The van der Waals surface area contributed by atoms with Gasteiger partial charge in [0.25, 0.3) is 0 Å². The molecule has 14 nitrogen and oxygen atoms in total. The molecule has 2 aromatic carbocycles. The molecule has 2 aliphatic carbocycles. The van der Waals surface area contributed by atoms with Gasteiger partial charge in [-0.3, -0.25) is 19.2 Å². The Morgan fingerprint density at radius 3 is 2.30 bits per heavy atom. The van der Waals surface area contributed by atoms with Crippen LogP contribution in [0.1, 0.15) is 65.7 Å². The summed E-state index contributed by atoms with van der Waals surface area (Å²) in [5, 5.41) is 19.2. The molecule has 1 aliphatic heterocycles. The minimum Gasteiger partial charge on any atom is -0.493 e. The van der Waals surface area contributed by atoms with Crippen LogP contribution in [0.25, 0.3) is 22.2 Å². The molecular weight excluding hydrogens is 730 g/mol. The average molecular weight is 784 g/mol. The van der Waals surface area contributed by atoms with E-state index in [2.05, 4.69) is 22.5 Å². The summed E-state index contributed by atoms with van der Waals surface area (Å²) in [5.41, 5.74) is 0.351. The molecule has 0 bridgehead atoms. The van der Waals surface area contributed by atoms with Crippen LogP contribution >= 0.6 is 0 Å². The van der Waals surface area contributed by atoms with Gasteiger partial charge < -0.3 is 40.2 Å². The van der Waals surface area contributed by atoms with Gasteiger partial charge in [-0.25, -0.2) is 9.78 Å². The Hall–Kier alpha value is -5.66. The Morgan fingerprint density at radius 2 is 1.70 bits per heavy atom. The summed E-state index contributed by atoms with van der Waals surface area (Å²) in [5.74, 6) is -2.83. The van der Waals surface area contributed by atoms with Crippen LogP contribution in [0.5, 0.6) is 17.2 Å². The second kappa shape index (κ2) is 17.2. The van der Waals surface area contributed by atoms with Crippen molar-refractivity contribution in [2.75, 3.05) is 20.8 Å². The number of carboxylic acids is 1. The van der Waals surface area contributed by atoms with Crippen LogP contribution in [0.2, 0.25) is 0 Å². The number of carboxylic acid groups (broad SMARTS) is 1. The molecule has 3 aromatic rings. The number of rotatable bonds is 15. The summed E-state index contributed by atoms with van der Waals surface area (Å²) < 4.78 is 18.0. The van der Waals surface area contributed by atoms with Gasteiger partial charge in [-0.1, -0.05) is 69.5 Å². The third-order valence-electron chi connectivity index (χ3n) is 11.5. The zero-order valence-electron chi connectivity index (χ0n) is 33.2. The molecule has 57 heavy (non-hydrogen) atoms. The first-order valence-electron chi connectivity index (χ1n) is 19.7. The smallest absolute Gasteiger partial charge is 0.330 e. The standard InChI is InChI=1S/C43H53N5O9/c1-7-28-22-43(28,42(53)54)47-39(50)32-20-29(23-48(32)41(52)35(24(2)3)46-40(51)36(44-25(4)49)27-16-12-9-13-17-27)57-34-21-31(26-14-10-8-11-15-26)45-37-30(34)18-19-33(55-5)38(37)56-6/h7-8,10-11,14-15,18-19,21,24,27-29,32,35-36H,1,9,12-13,16-17,20,22-23H2,2-6H3,(H,44,49)(H,46,51)(H,47,50)(H,53,54)/t28-,29-,32-,35+,36+,43-/m1/s1. The second-order valence-electron chi connectivity index (χ2n) is 15.7. The molecular formula is C43H53N5O9. The maximum absolute atomic E-state index is 14.7. The number of ether oxygens (including phenoxy) is 3. The lowest BCUT2D eigenvalue weighted by Gasteiger charge is -2.34. The molecule has 0 unspecified atom stereocenters. The van der Waals surface area contributed by atoms with Crippen molar-refractivity contribution in [1.29, 1.82) is 0 Å². The Labute approximate surface area is 332 Å². The van der Waals surface area contributed by atoms with E-state index in [0.29, 0.717) is 33.8 Å². The highest BCUT2D eigenvalue weighted by atomic mass is 16.5. The average Bonchev–Trinajstić information content (AvgIpc) is 3.77.